The van der Waals surface area contributed by atoms with Gasteiger partial charge in [0.1, 0.15) is 0 Å². The zero-order chi connectivity index (χ0) is 13.2. The SMILES string of the molecule is CCC1CCCCN1S(=O)(=O)N1CCCC(C)C1. The molecule has 18 heavy (non-hydrogen) atoms. The minimum atomic E-state index is -3.21. The minimum absolute atomic E-state index is 0.223. The maximum Gasteiger partial charge on any atom is 0.282 e. The Bertz CT molecular complexity index is 369. The molecule has 2 aliphatic rings. The molecule has 5 heteroatoms. The van der Waals surface area contributed by atoms with E-state index in [0.717, 1.165) is 32.1 Å². The molecule has 2 fully saturated rings. The molecule has 106 valence electrons. The van der Waals surface area contributed by atoms with E-state index < -0.39 is 10.2 Å². The zero-order valence-electron chi connectivity index (χ0n) is 11.6. The van der Waals surface area contributed by atoms with Crippen LogP contribution in [0.3, 0.4) is 0 Å². The Labute approximate surface area is 112 Å². The van der Waals surface area contributed by atoms with Crippen LogP contribution < -0.4 is 0 Å². The van der Waals surface area contributed by atoms with Gasteiger partial charge in [0.2, 0.25) is 0 Å². The summed E-state index contributed by atoms with van der Waals surface area (Å²) in [5, 5.41) is 0. The van der Waals surface area contributed by atoms with Crippen molar-refractivity contribution in [2.24, 2.45) is 5.92 Å². The molecule has 4 nitrogen and oxygen atoms in total. The van der Waals surface area contributed by atoms with Crippen LogP contribution in [0.4, 0.5) is 0 Å². The summed E-state index contributed by atoms with van der Waals surface area (Å²) in [5.74, 6) is 0.499. The first kappa shape index (κ1) is 14.3. The second-order valence-electron chi connectivity index (χ2n) is 5.78. The van der Waals surface area contributed by atoms with Crippen molar-refractivity contribution in [1.29, 1.82) is 0 Å². The fraction of sp³-hybridized carbons (Fsp3) is 1.00. The summed E-state index contributed by atoms with van der Waals surface area (Å²) in [4.78, 5) is 0. The van der Waals surface area contributed by atoms with Gasteiger partial charge in [-0.3, -0.25) is 0 Å². The van der Waals surface area contributed by atoms with Gasteiger partial charge in [0.25, 0.3) is 10.2 Å². The Morgan fingerprint density at radius 3 is 2.56 bits per heavy atom. The van der Waals surface area contributed by atoms with Gasteiger partial charge in [-0.05, 0) is 38.0 Å². The molecule has 2 rings (SSSR count). The van der Waals surface area contributed by atoms with Crippen LogP contribution in [-0.2, 0) is 10.2 Å². The summed E-state index contributed by atoms with van der Waals surface area (Å²) >= 11 is 0. The van der Waals surface area contributed by atoms with Crippen molar-refractivity contribution in [3.63, 3.8) is 0 Å². The normalized spacial score (nSPS) is 32.6. The van der Waals surface area contributed by atoms with Gasteiger partial charge in [-0.15, -0.1) is 0 Å². The summed E-state index contributed by atoms with van der Waals surface area (Å²) in [6, 6.07) is 0.223. The van der Waals surface area contributed by atoms with Crippen molar-refractivity contribution in [2.45, 2.75) is 58.4 Å². The van der Waals surface area contributed by atoms with E-state index in [1.54, 1.807) is 8.61 Å². The molecule has 2 aliphatic heterocycles. The summed E-state index contributed by atoms with van der Waals surface area (Å²) in [6.45, 7) is 6.37. The van der Waals surface area contributed by atoms with Crippen molar-refractivity contribution in [2.75, 3.05) is 19.6 Å². The third-order valence-electron chi connectivity index (χ3n) is 4.29. The third kappa shape index (κ3) is 2.89. The van der Waals surface area contributed by atoms with E-state index >= 15 is 0 Å². The first-order valence-electron chi connectivity index (χ1n) is 7.32. The first-order chi connectivity index (χ1) is 8.55. The van der Waals surface area contributed by atoms with Gasteiger partial charge in [0.15, 0.2) is 0 Å². The Hall–Kier alpha value is -0.130. The quantitative estimate of drug-likeness (QED) is 0.792. The molecular weight excluding hydrogens is 248 g/mol. The third-order valence-corrected chi connectivity index (χ3v) is 6.34. The lowest BCUT2D eigenvalue weighted by molar-refractivity contribution is 0.207. The Morgan fingerprint density at radius 1 is 1.11 bits per heavy atom. The fourth-order valence-corrected chi connectivity index (χ4v) is 5.28. The predicted octanol–water partition coefficient (Wildman–Crippen LogP) is 2.23. The molecule has 0 amide bonds. The second kappa shape index (κ2) is 5.88. The maximum atomic E-state index is 12.7. The lowest BCUT2D eigenvalue weighted by Crippen LogP contribution is -2.52. The van der Waals surface area contributed by atoms with Crippen LogP contribution in [-0.4, -0.2) is 42.7 Å². The average molecular weight is 274 g/mol. The van der Waals surface area contributed by atoms with Crippen molar-refractivity contribution < 1.29 is 8.42 Å². The molecule has 0 saturated carbocycles. The summed E-state index contributed by atoms with van der Waals surface area (Å²) in [7, 11) is -3.21. The van der Waals surface area contributed by atoms with Crippen LogP contribution in [0.25, 0.3) is 0 Å². The highest BCUT2D eigenvalue weighted by Crippen LogP contribution is 2.27. The van der Waals surface area contributed by atoms with Crippen LogP contribution in [0.2, 0.25) is 0 Å². The highest BCUT2D eigenvalue weighted by molar-refractivity contribution is 7.86. The Morgan fingerprint density at radius 2 is 1.89 bits per heavy atom. The topological polar surface area (TPSA) is 40.6 Å². The lowest BCUT2D eigenvalue weighted by Gasteiger charge is -2.39. The number of nitrogens with zero attached hydrogens (tertiary/aromatic N) is 2. The molecule has 2 unspecified atom stereocenters. The second-order valence-corrected chi connectivity index (χ2v) is 7.66. The average Bonchev–Trinajstić information content (AvgIpc) is 2.38. The monoisotopic (exact) mass is 274 g/mol. The van der Waals surface area contributed by atoms with E-state index in [1.165, 1.54) is 6.42 Å². The highest BCUT2D eigenvalue weighted by Gasteiger charge is 2.37. The molecule has 0 aromatic heterocycles. The zero-order valence-corrected chi connectivity index (χ0v) is 12.5. The van der Waals surface area contributed by atoms with Crippen LogP contribution >= 0.6 is 0 Å². The van der Waals surface area contributed by atoms with Gasteiger partial charge < -0.3 is 0 Å². The van der Waals surface area contributed by atoms with Gasteiger partial charge in [-0.25, -0.2) is 0 Å². The maximum absolute atomic E-state index is 12.7. The van der Waals surface area contributed by atoms with Gasteiger partial charge in [-0.1, -0.05) is 20.3 Å². The first-order valence-corrected chi connectivity index (χ1v) is 8.72. The largest absolute Gasteiger partial charge is 0.282 e. The molecule has 0 N–H and O–H groups in total. The summed E-state index contributed by atoms with van der Waals surface area (Å²) < 4.78 is 28.9. The standard InChI is InChI=1S/C13H26N2O2S/c1-3-13-8-4-5-10-15(13)18(16,17)14-9-6-7-12(2)11-14/h12-13H,3-11H2,1-2H3. The molecule has 0 aliphatic carbocycles. The van der Waals surface area contributed by atoms with E-state index in [2.05, 4.69) is 13.8 Å². The van der Waals surface area contributed by atoms with E-state index in [9.17, 15) is 8.42 Å². The van der Waals surface area contributed by atoms with Crippen molar-refractivity contribution in [3.8, 4) is 0 Å². The minimum Gasteiger partial charge on any atom is -0.195 e. The fourth-order valence-electron chi connectivity index (χ4n) is 3.19. The molecular formula is C13H26N2O2S. The summed E-state index contributed by atoms with van der Waals surface area (Å²) in [6.07, 6.45) is 6.30. The molecule has 0 aromatic rings. The molecule has 0 spiro atoms. The summed E-state index contributed by atoms with van der Waals surface area (Å²) in [5.41, 5.74) is 0. The van der Waals surface area contributed by atoms with Gasteiger partial charge in [0.05, 0.1) is 0 Å². The van der Waals surface area contributed by atoms with E-state index in [0.29, 0.717) is 25.6 Å². The number of piperidine rings is 2. The number of hydrogen-bond donors (Lipinski definition) is 0. The van der Waals surface area contributed by atoms with Gasteiger partial charge >= 0.3 is 0 Å². The Balaban J connectivity index is 2.13. The van der Waals surface area contributed by atoms with Crippen molar-refractivity contribution >= 4 is 10.2 Å². The lowest BCUT2D eigenvalue weighted by atomic mass is 10.0. The highest BCUT2D eigenvalue weighted by atomic mass is 32.2. The Kier molecular flexibility index (Phi) is 4.67. The van der Waals surface area contributed by atoms with E-state index in [-0.39, 0.29) is 6.04 Å². The van der Waals surface area contributed by atoms with Crippen LogP contribution in [0.15, 0.2) is 0 Å². The van der Waals surface area contributed by atoms with Crippen LogP contribution in [0.5, 0.6) is 0 Å². The molecule has 0 radical (unpaired) electrons. The molecule has 0 aromatic carbocycles. The van der Waals surface area contributed by atoms with Gasteiger partial charge in [-0.2, -0.15) is 17.0 Å². The number of hydrogen-bond acceptors (Lipinski definition) is 2. The van der Waals surface area contributed by atoms with Gasteiger partial charge in [0, 0.05) is 25.7 Å². The van der Waals surface area contributed by atoms with Crippen molar-refractivity contribution in [3.05, 3.63) is 0 Å². The smallest absolute Gasteiger partial charge is 0.195 e. The molecule has 2 heterocycles. The van der Waals surface area contributed by atoms with Crippen LogP contribution in [0, 0.1) is 5.92 Å². The predicted molar refractivity (Wildman–Crippen MR) is 73.5 cm³/mol. The number of rotatable bonds is 3. The van der Waals surface area contributed by atoms with Crippen LogP contribution in [0.1, 0.15) is 52.4 Å². The van der Waals surface area contributed by atoms with Crippen molar-refractivity contribution in [1.82, 2.24) is 8.61 Å². The molecule has 0 bridgehead atoms. The van der Waals surface area contributed by atoms with E-state index in [4.69, 9.17) is 0 Å². The van der Waals surface area contributed by atoms with E-state index in [1.807, 2.05) is 0 Å². The molecule has 2 saturated heterocycles. The molecule has 2 atom stereocenters.